The van der Waals surface area contributed by atoms with Crippen LogP contribution in [0.2, 0.25) is 5.02 Å². The number of hydrogen-bond acceptors (Lipinski definition) is 5. The maximum Gasteiger partial charge on any atom is 0.414 e. The molecule has 1 fully saturated rings. The smallest absolute Gasteiger partial charge is 0.414 e. The Morgan fingerprint density at radius 3 is 2.57 bits per heavy atom. The van der Waals surface area contributed by atoms with Crippen molar-refractivity contribution < 1.29 is 22.7 Å². The monoisotopic (exact) mass is 423 g/mol. The third kappa shape index (κ3) is 3.82. The predicted octanol–water partition coefficient (Wildman–Crippen LogP) is 2.80. The van der Waals surface area contributed by atoms with Crippen LogP contribution in [-0.4, -0.2) is 52.0 Å². The lowest BCUT2D eigenvalue weighted by Gasteiger charge is -2.18. The first-order chi connectivity index (χ1) is 13.2. The maximum absolute atomic E-state index is 12.7. The first-order valence-corrected chi connectivity index (χ1v) is 10.1. The molecular weight excluding hydrogens is 406 g/mol. The first-order valence-electron chi connectivity index (χ1n) is 8.28. The molecule has 1 heterocycles. The standard InChI is InChI=1S/C18H18ClN3O5S/c1-21(2)28(25,26)16-11-12(7-8-13(16)19)17(23)20-14-5-3-4-6-15(14)22-9-10-27-18(22)24/h3-8,11H,9-10H2,1-2H3,(H,20,23). The van der Waals surface area contributed by atoms with Gasteiger partial charge in [0.15, 0.2) is 0 Å². The van der Waals surface area contributed by atoms with Crippen molar-refractivity contribution in [3.8, 4) is 0 Å². The van der Waals surface area contributed by atoms with Gasteiger partial charge in [-0.3, -0.25) is 9.69 Å². The van der Waals surface area contributed by atoms with E-state index in [2.05, 4.69) is 5.32 Å². The minimum atomic E-state index is -3.81. The van der Waals surface area contributed by atoms with Crippen molar-refractivity contribution in [2.45, 2.75) is 4.90 Å². The fraction of sp³-hybridized carbons (Fsp3) is 0.222. The van der Waals surface area contributed by atoms with Crippen LogP contribution in [0.4, 0.5) is 16.2 Å². The number of halogens is 1. The van der Waals surface area contributed by atoms with Gasteiger partial charge < -0.3 is 10.1 Å². The third-order valence-electron chi connectivity index (χ3n) is 4.16. The Hall–Kier alpha value is -2.62. The molecule has 2 aromatic carbocycles. The zero-order valence-corrected chi connectivity index (χ0v) is 16.7. The van der Waals surface area contributed by atoms with E-state index in [1.165, 1.54) is 37.2 Å². The maximum atomic E-state index is 12.7. The number of carbonyl (C=O) groups is 2. The van der Waals surface area contributed by atoms with E-state index in [0.29, 0.717) is 17.9 Å². The molecule has 0 aromatic heterocycles. The van der Waals surface area contributed by atoms with Crippen LogP contribution in [0.25, 0.3) is 0 Å². The van der Waals surface area contributed by atoms with E-state index in [1.54, 1.807) is 24.3 Å². The van der Waals surface area contributed by atoms with E-state index in [-0.39, 0.29) is 22.1 Å². The molecule has 10 heteroatoms. The van der Waals surface area contributed by atoms with Gasteiger partial charge in [-0.1, -0.05) is 23.7 Å². The van der Waals surface area contributed by atoms with Crippen molar-refractivity contribution in [2.75, 3.05) is 37.5 Å². The van der Waals surface area contributed by atoms with Crippen molar-refractivity contribution in [3.63, 3.8) is 0 Å². The highest BCUT2D eigenvalue weighted by Crippen LogP contribution is 2.29. The van der Waals surface area contributed by atoms with Crippen LogP contribution in [-0.2, 0) is 14.8 Å². The Bertz CT molecular complexity index is 1040. The van der Waals surface area contributed by atoms with Gasteiger partial charge in [-0.25, -0.2) is 17.5 Å². The number of nitrogens with one attached hydrogen (secondary N) is 1. The van der Waals surface area contributed by atoms with Crippen molar-refractivity contribution >= 4 is 45.0 Å². The van der Waals surface area contributed by atoms with Crippen LogP contribution in [0.1, 0.15) is 10.4 Å². The summed E-state index contributed by atoms with van der Waals surface area (Å²) in [5.41, 5.74) is 1.01. The second kappa shape index (κ2) is 7.78. The summed E-state index contributed by atoms with van der Waals surface area (Å²) in [4.78, 5) is 25.8. The number of benzene rings is 2. The number of nitrogens with zero attached hydrogens (tertiary/aromatic N) is 2. The molecule has 1 N–H and O–H groups in total. The number of anilines is 2. The van der Waals surface area contributed by atoms with Crippen LogP contribution < -0.4 is 10.2 Å². The highest BCUT2D eigenvalue weighted by atomic mass is 35.5. The van der Waals surface area contributed by atoms with Crippen molar-refractivity contribution in [1.82, 2.24) is 4.31 Å². The molecule has 28 heavy (non-hydrogen) atoms. The van der Waals surface area contributed by atoms with Gasteiger partial charge in [0.2, 0.25) is 10.0 Å². The van der Waals surface area contributed by atoms with Gasteiger partial charge >= 0.3 is 6.09 Å². The van der Waals surface area contributed by atoms with E-state index >= 15 is 0 Å². The summed E-state index contributed by atoms with van der Waals surface area (Å²) < 4.78 is 30.8. The third-order valence-corrected chi connectivity index (χ3v) is 6.45. The Balaban J connectivity index is 1.92. The van der Waals surface area contributed by atoms with Gasteiger partial charge in [-0.15, -0.1) is 0 Å². The van der Waals surface area contributed by atoms with Crippen LogP contribution in [0.15, 0.2) is 47.4 Å². The van der Waals surface area contributed by atoms with E-state index in [0.717, 1.165) is 4.31 Å². The van der Waals surface area contributed by atoms with E-state index in [9.17, 15) is 18.0 Å². The quantitative estimate of drug-likeness (QED) is 0.797. The van der Waals surface area contributed by atoms with Gasteiger partial charge in [0.25, 0.3) is 5.91 Å². The second-order valence-electron chi connectivity index (χ2n) is 6.17. The molecule has 2 aromatic rings. The molecule has 148 valence electrons. The number of rotatable bonds is 5. The van der Waals surface area contributed by atoms with E-state index in [4.69, 9.17) is 16.3 Å². The average molecular weight is 424 g/mol. The molecule has 1 aliphatic rings. The van der Waals surface area contributed by atoms with Crippen molar-refractivity contribution in [2.24, 2.45) is 0 Å². The number of carbonyl (C=O) groups excluding carboxylic acids is 2. The van der Waals surface area contributed by atoms with Crippen LogP contribution in [0.5, 0.6) is 0 Å². The van der Waals surface area contributed by atoms with Gasteiger partial charge in [0.1, 0.15) is 11.5 Å². The number of amides is 2. The molecule has 0 spiro atoms. The minimum Gasteiger partial charge on any atom is -0.447 e. The first kappa shape index (κ1) is 20.1. The summed E-state index contributed by atoms with van der Waals surface area (Å²) >= 11 is 6.02. The van der Waals surface area contributed by atoms with Crippen LogP contribution >= 0.6 is 11.6 Å². The predicted molar refractivity (Wildman–Crippen MR) is 105 cm³/mol. The number of hydrogen-bond donors (Lipinski definition) is 1. The van der Waals surface area contributed by atoms with Gasteiger partial charge in [0.05, 0.1) is 22.9 Å². The zero-order valence-electron chi connectivity index (χ0n) is 15.2. The topological polar surface area (TPSA) is 96.0 Å². The molecule has 1 saturated heterocycles. The molecule has 0 unspecified atom stereocenters. The minimum absolute atomic E-state index is 0.0189. The summed E-state index contributed by atoms with van der Waals surface area (Å²) in [6, 6.07) is 10.8. The molecule has 0 radical (unpaired) electrons. The molecule has 0 saturated carbocycles. The summed E-state index contributed by atoms with van der Waals surface area (Å²) in [7, 11) is -1.06. The Kier molecular flexibility index (Phi) is 5.59. The average Bonchev–Trinajstić information content (AvgIpc) is 3.08. The van der Waals surface area contributed by atoms with E-state index < -0.39 is 22.0 Å². The lowest BCUT2D eigenvalue weighted by atomic mass is 10.2. The summed E-state index contributed by atoms with van der Waals surface area (Å²) in [6.07, 6.45) is -0.493. The molecule has 0 bridgehead atoms. The fourth-order valence-corrected chi connectivity index (χ4v) is 4.05. The molecule has 3 rings (SSSR count). The van der Waals surface area contributed by atoms with E-state index in [1.807, 2.05) is 0 Å². The summed E-state index contributed by atoms with van der Waals surface area (Å²) in [5, 5.41) is 2.73. The normalized spacial score (nSPS) is 14.3. The molecule has 0 atom stereocenters. The van der Waals surface area contributed by atoms with Gasteiger partial charge in [-0.2, -0.15) is 0 Å². The molecule has 2 amide bonds. The second-order valence-corrected chi connectivity index (χ2v) is 8.70. The lowest BCUT2D eigenvalue weighted by molar-refractivity contribution is 0.102. The summed E-state index contributed by atoms with van der Waals surface area (Å²) in [6.45, 7) is 0.641. The highest BCUT2D eigenvalue weighted by molar-refractivity contribution is 7.89. The lowest BCUT2D eigenvalue weighted by Crippen LogP contribution is -2.25. The Morgan fingerprint density at radius 2 is 1.93 bits per heavy atom. The van der Waals surface area contributed by atoms with Gasteiger partial charge in [-0.05, 0) is 30.3 Å². The number of sulfonamides is 1. The van der Waals surface area contributed by atoms with Gasteiger partial charge in [0, 0.05) is 19.7 Å². The van der Waals surface area contributed by atoms with Crippen molar-refractivity contribution in [3.05, 3.63) is 53.1 Å². The van der Waals surface area contributed by atoms with Crippen molar-refractivity contribution in [1.29, 1.82) is 0 Å². The highest BCUT2D eigenvalue weighted by Gasteiger charge is 2.27. The van der Waals surface area contributed by atoms with Crippen LogP contribution in [0.3, 0.4) is 0 Å². The zero-order chi connectivity index (χ0) is 20.5. The molecule has 8 nitrogen and oxygen atoms in total. The Labute approximate surface area is 167 Å². The number of cyclic esters (lactones) is 1. The fourth-order valence-electron chi connectivity index (χ4n) is 2.66. The summed E-state index contributed by atoms with van der Waals surface area (Å²) in [5.74, 6) is -0.535. The Morgan fingerprint density at radius 1 is 1.21 bits per heavy atom. The molecular formula is C18H18ClN3O5S. The van der Waals surface area contributed by atoms with Crippen LogP contribution in [0, 0.1) is 0 Å². The molecule has 1 aliphatic heterocycles. The number of ether oxygens (including phenoxy) is 1. The number of para-hydroxylation sites is 2. The SMILES string of the molecule is CN(C)S(=O)(=O)c1cc(C(=O)Nc2ccccc2N2CCOC2=O)ccc1Cl. The largest absolute Gasteiger partial charge is 0.447 e. The molecule has 0 aliphatic carbocycles.